The fraction of sp³-hybridized carbons (Fsp3) is 0.222. The standard InChI is InChI=1S/C18H18ClN3O4S/c1-4-20-17(25)14-15(22(3)18-9(2)5-6-27-18)16(26-21-14)10-7-11(19)13(24)8-12(10)23/h5-8,23-24H,4H2,1-3H3,(H,20,25). The largest absolute Gasteiger partial charge is 0.507 e. The van der Waals surface area contributed by atoms with E-state index in [0.717, 1.165) is 16.6 Å². The Morgan fingerprint density at radius 2 is 2.11 bits per heavy atom. The van der Waals surface area contributed by atoms with E-state index in [0.29, 0.717) is 12.2 Å². The number of rotatable bonds is 5. The Balaban J connectivity index is 2.22. The van der Waals surface area contributed by atoms with Crippen LogP contribution in [-0.2, 0) is 0 Å². The highest BCUT2D eigenvalue weighted by atomic mass is 35.5. The van der Waals surface area contributed by atoms with Gasteiger partial charge in [-0.3, -0.25) is 4.79 Å². The molecule has 0 aliphatic carbocycles. The number of thiophene rings is 1. The van der Waals surface area contributed by atoms with Crippen molar-refractivity contribution in [2.75, 3.05) is 18.5 Å². The molecule has 3 rings (SSSR count). The summed E-state index contributed by atoms with van der Waals surface area (Å²) in [6.45, 7) is 4.19. The van der Waals surface area contributed by atoms with E-state index in [1.165, 1.54) is 17.4 Å². The normalized spacial score (nSPS) is 10.8. The highest BCUT2D eigenvalue weighted by molar-refractivity contribution is 7.14. The monoisotopic (exact) mass is 407 g/mol. The van der Waals surface area contributed by atoms with E-state index < -0.39 is 5.91 Å². The zero-order chi connectivity index (χ0) is 19.7. The van der Waals surface area contributed by atoms with Crippen LogP contribution in [0.15, 0.2) is 28.1 Å². The summed E-state index contributed by atoms with van der Waals surface area (Å²) in [5.74, 6) is -0.725. The third-order valence-electron chi connectivity index (χ3n) is 4.00. The van der Waals surface area contributed by atoms with Crippen molar-refractivity contribution >= 4 is 39.5 Å². The van der Waals surface area contributed by atoms with E-state index in [1.807, 2.05) is 18.4 Å². The number of aryl methyl sites for hydroxylation is 1. The number of hydrogen-bond acceptors (Lipinski definition) is 7. The molecule has 27 heavy (non-hydrogen) atoms. The lowest BCUT2D eigenvalue weighted by molar-refractivity contribution is 0.0947. The molecule has 0 saturated heterocycles. The van der Waals surface area contributed by atoms with Gasteiger partial charge in [-0.25, -0.2) is 0 Å². The zero-order valence-corrected chi connectivity index (χ0v) is 16.5. The van der Waals surface area contributed by atoms with Crippen molar-refractivity contribution in [2.45, 2.75) is 13.8 Å². The molecular weight excluding hydrogens is 390 g/mol. The Hall–Kier alpha value is -2.71. The molecule has 0 unspecified atom stereocenters. The molecule has 0 bridgehead atoms. The minimum atomic E-state index is -0.395. The molecule has 9 heteroatoms. The number of phenolic OH excluding ortho intramolecular Hbond substituents is 2. The number of aromatic hydroxyl groups is 2. The summed E-state index contributed by atoms with van der Waals surface area (Å²) in [5.41, 5.74) is 1.72. The van der Waals surface area contributed by atoms with Gasteiger partial charge in [0, 0.05) is 19.7 Å². The van der Waals surface area contributed by atoms with Crippen molar-refractivity contribution in [1.29, 1.82) is 0 Å². The Bertz CT molecular complexity index is 999. The summed E-state index contributed by atoms with van der Waals surface area (Å²) in [6, 6.07) is 4.45. The summed E-state index contributed by atoms with van der Waals surface area (Å²) in [7, 11) is 1.79. The average Bonchev–Trinajstić information content (AvgIpc) is 3.24. The zero-order valence-electron chi connectivity index (χ0n) is 14.9. The molecule has 2 heterocycles. The van der Waals surface area contributed by atoms with E-state index in [9.17, 15) is 15.0 Å². The molecule has 3 N–H and O–H groups in total. The molecule has 0 atom stereocenters. The van der Waals surface area contributed by atoms with Crippen LogP contribution in [0.25, 0.3) is 11.3 Å². The van der Waals surface area contributed by atoms with Crippen LogP contribution in [0.3, 0.4) is 0 Å². The molecule has 0 radical (unpaired) electrons. The van der Waals surface area contributed by atoms with E-state index in [-0.39, 0.29) is 33.5 Å². The van der Waals surface area contributed by atoms with Gasteiger partial charge in [0.15, 0.2) is 11.5 Å². The summed E-state index contributed by atoms with van der Waals surface area (Å²) >= 11 is 7.50. The fourth-order valence-electron chi connectivity index (χ4n) is 2.71. The van der Waals surface area contributed by atoms with Crippen LogP contribution >= 0.6 is 22.9 Å². The van der Waals surface area contributed by atoms with Gasteiger partial charge in [0.25, 0.3) is 5.91 Å². The Morgan fingerprint density at radius 1 is 1.37 bits per heavy atom. The first-order valence-electron chi connectivity index (χ1n) is 8.12. The van der Waals surface area contributed by atoms with E-state index >= 15 is 0 Å². The Labute approximate surface area is 164 Å². The highest BCUT2D eigenvalue weighted by Gasteiger charge is 2.29. The average molecular weight is 408 g/mol. The smallest absolute Gasteiger partial charge is 0.275 e. The first-order chi connectivity index (χ1) is 12.8. The molecule has 1 amide bonds. The van der Waals surface area contributed by atoms with Gasteiger partial charge in [-0.05, 0) is 36.9 Å². The molecule has 0 aliphatic heterocycles. The number of amides is 1. The highest BCUT2D eigenvalue weighted by Crippen LogP contribution is 2.45. The summed E-state index contributed by atoms with van der Waals surface area (Å²) in [4.78, 5) is 14.3. The number of carbonyl (C=O) groups excluding carboxylic acids is 1. The van der Waals surface area contributed by atoms with Crippen LogP contribution < -0.4 is 10.2 Å². The molecule has 3 aromatic rings. The fourth-order valence-corrected chi connectivity index (χ4v) is 3.78. The lowest BCUT2D eigenvalue weighted by atomic mass is 10.1. The van der Waals surface area contributed by atoms with E-state index in [4.69, 9.17) is 16.1 Å². The Morgan fingerprint density at radius 3 is 2.74 bits per heavy atom. The minimum absolute atomic E-state index is 0.0414. The third kappa shape index (κ3) is 3.45. The molecule has 0 spiro atoms. The van der Waals surface area contributed by atoms with Gasteiger partial charge in [-0.1, -0.05) is 16.8 Å². The second-order valence-electron chi connectivity index (χ2n) is 5.86. The molecular formula is C18H18ClN3O4S. The van der Waals surface area contributed by atoms with Gasteiger partial charge in [-0.15, -0.1) is 11.3 Å². The van der Waals surface area contributed by atoms with Crippen LogP contribution in [0.1, 0.15) is 23.0 Å². The molecule has 1 aromatic carbocycles. The van der Waals surface area contributed by atoms with Crippen molar-refractivity contribution in [3.8, 4) is 22.8 Å². The minimum Gasteiger partial charge on any atom is -0.507 e. The molecule has 0 saturated carbocycles. The van der Waals surface area contributed by atoms with Crippen molar-refractivity contribution in [3.05, 3.63) is 39.9 Å². The molecule has 0 fully saturated rings. The molecule has 2 aromatic heterocycles. The number of hydrogen-bond donors (Lipinski definition) is 3. The second kappa shape index (κ2) is 7.50. The third-order valence-corrected chi connectivity index (χ3v) is 5.40. The quantitative estimate of drug-likeness (QED) is 0.583. The van der Waals surface area contributed by atoms with Crippen molar-refractivity contribution in [1.82, 2.24) is 10.5 Å². The van der Waals surface area contributed by atoms with Crippen LogP contribution in [0.5, 0.6) is 11.5 Å². The maximum Gasteiger partial charge on any atom is 0.275 e. The molecule has 142 valence electrons. The lowest BCUT2D eigenvalue weighted by Crippen LogP contribution is -2.25. The van der Waals surface area contributed by atoms with Crippen molar-refractivity contribution in [2.24, 2.45) is 0 Å². The first-order valence-corrected chi connectivity index (χ1v) is 9.38. The summed E-state index contributed by atoms with van der Waals surface area (Å²) in [6.07, 6.45) is 0. The predicted molar refractivity (Wildman–Crippen MR) is 105 cm³/mol. The predicted octanol–water partition coefficient (Wildman–Crippen LogP) is 4.29. The number of benzene rings is 1. The van der Waals surface area contributed by atoms with Crippen LogP contribution in [0, 0.1) is 6.92 Å². The number of carbonyl (C=O) groups is 1. The number of phenols is 2. The van der Waals surface area contributed by atoms with Gasteiger partial charge in [0.1, 0.15) is 17.2 Å². The van der Waals surface area contributed by atoms with Crippen LogP contribution in [0.4, 0.5) is 10.7 Å². The van der Waals surface area contributed by atoms with Crippen molar-refractivity contribution in [3.63, 3.8) is 0 Å². The van der Waals surface area contributed by atoms with Gasteiger partial charge in [0.05, 0.1) is 15.6 Å². The second-order valence-corrected chi connectivity index (χ2v) is 7.16. The van der Waals surface area contributed by atoms with Gasteiger partial charge >= 0.3 is 0 Å². The first kappa shape index (κ1) is 19.1. The molecule has 0 aliphatic rings. The van der Waals surface area contributed by atoms with E-state index in [1.54, 1.807) is 18.9 Å². The van der Waals surface area contributed by atoms with Crippen LogP contribution in [-0.4, -0.2) is 34.9 Å². The summed E-state index contributed by atoms with van der Waals surface area (Å²) < 4.78 is 5.44. The van der Waals surface area contributed by atoms with Crippen molar-refractivity contribution < 1.29 is 19.5 Å². The number of nitrogens with zero attached hydrogens (tertiary/aromatic N) is 2. The van der Waals surface area contributed by atoms with E-state index in [2.05, 4.69) is 10.5 Å². The van der Waals surface area contributed by atoms with Crippen LogP contribution in [0.2, 0.25) is 5.02 Å². The molecule has 7 nitrogen and oxygen atoms in total. The maximum absolute atomic E-state index is 12.5. The topological polar surface area (TPSA) is 98.8 Å². The number of halogens is 1. The summed E-state index contributed by atoms with van der Waals surface area (Å²) in [5, 5.41) is 29.5. The number of anilines is 2. The maximum atomic E-state index is 12.5. The lowest BCUT2D eigenvalue weighted by Gasteiger charge is -2.19. The number of aromatic nitrogens is 1. The van der Waals surface area contributed by atoms with Gasteiger partial charge in [-0.2, -0.15) is 0 Å². The van der Waals surface area contributed by atoms with Gasteiger partial charge in [0.2, 0.25) is 0 Å². The number of nitrogens with one attached hydrogen (secondary N) is 1. The van der Waals surface area contributed by atoms with Gasteiger partial charge < -0.3 is 25.0 Å². The SMILES string of the molecule is CCNC(=O)c1noc(-c2cc(Cl)c(O)cc2O)c1N(C)c1sccc1C. The Kier molecular flexibility index (Phi) is 5.29.